The maximum absolute atomic E-state index is 14.0. The zero-order valence-corrected chi connectivity index (χ0v) is 25.3. The molecule has 1 aliphatic carbocycles. The average Bonchev–Trinajstić information content (AvgIpc) is 3.12. The van der Waals surface area contributed by atoms with E-state index in [1.165, 1.54) is 17.0 Å². The third-order valence-electron chi connectivity index (χ3n) is 8.16. The highest BCUT2D eigenvalue weighted by Gasteiger charge is 2.33. The number of halogens is 3. The van der Waals surface area contributed by atoms with Crippen molar-refractivity contribution in [2.24, 2.45) is 4.99 Å². The van der Waals surface area contributed by atoms with Gasteiger partial charge in [-0.15, -0.1) is 0 Å². The van der Waals surface area contributed by atoms with Gasteiger partial charge in [0.2, 0.25) is 12.1 Å². The fourth-order valence-corrected chi connectivity index (χ4v) is 6.16. The molecule has 44 heavy (non-hydrogen) atoms. The number of hydrogen-bond donors (Lipinski definition) is 1. The minimum atomic E-state index is -1.25. The number of likely N-dealkylation sites (N-methyl/N-ethyl adjacent to an activating group) is 1. The quantitative estimate of drug-likeness (QED) is 0.252. The molecule has 2 amide bonds. The number of amides is 2. The first-order chi connectivity index (χ1) is 21.2. The summed E-state index contributed by atoms with van der Waals surface area (Å²) in [5, 5.41) is 3.61. The molecule has 1 heterocycles. The smallest absolute Gasteiger partial charge is 0.272 e. The van der Waals surface area contributed by atoms with Crippen LogP contribution in [-0.4, -0.2) is 36.5 Å². The fourth-order valence-electron chi connectivity index (χ4n) is 5.84. The van der Waals surface area contributed by atoms with Crippen molar-refractivity contribution in [1.29, 1.82) is 0 Å². The van der Waals surface area contributed by atoms with Crippen LogP contribution >= 0.6 is 23.2 Å². The standard InChI is InChI=1S/C35H28Cl2FN3O3/c1-41-30-7-3-2-6-26(30)32(23-12-15-25-22(19-23)5-4-8-31(25)42)39-33(35(41)44)40-34(43)27(21-10-13-24(38)14-11-21)17-20-9-16-28(36)29(37)18-20/h2-3,6-7,9-16,18-19,27,33H,4-5,8,17H2,1H3,(H,40,43)/t27-,33?/m1/s1. The summed E-state index contributed by atoms with van der Waals surface area (Å²) in [5.41, 5.74) is 5.63. The second-order valence-corrected chi connectivity index (χ2v) is 11.8. The minimum absolute atomic E-state index is 0.120. The van der Waals surface area contributed by atoms with Crippen molar-refractivity contribution in [3.05, 3.63) is 134 Å². The lowest BCUT2D eigenvalue weighted by Gasteiger charge is -2.23. The van der Waals surface area contributed by atoms with Crippen molar-refractivity contribution in [2.75, 3.05) is 11.9 Å². The van der Waals surface area contributed by atoms with E-state index < -0.39 is 29.7 Å². The minimum Gasteiger partial charge on any atom is -0.326 e. The van der Waals surface area contributed by atoms with E-state index in [2.05, 4.69) is 5.32 Å². The van der Waals surface area contributed by atoms with Crippen LogP contribution in [0.4, 0.5) is 10.1 Å². The van der Waals surface area contributed by atoms with E-state index in [-0.39, 0.29) is 12.2 Å². The predicted molar refractivity (Wildman–Crippen MR) is 170 cm³/mol. The molecule has 6 rings (SSSR count). The highest BCUT2D eigenvalue weighted by molar-refractivity contribution is 6.42. The molecular formula is C35H28Cl2FN3O3. The molecule has 1 aliphatic heterocycles. The number of para-hydroxylation sites is 1. The van der Waals surface area contributed by atoms with Crippen LogP contribution < -0.4 is 10.2 Å². The van der Waals surface area contributed by atoms with Gasteiger partial charge in [0.05, 0.1) is 27.4 Å². The number of fused-ring (bicyclic) bond motifs is 2. The number of hydrogen-bond acceptors (Lipinski definition) is 4. The number of benzodiazepines with no additional fused rings is 1. The monoisotopic (exact) mass is 627 g/mol. The Bertz CT molecular complexity index is 1820. The van der Waals surface area contributed by atoms with E-state index in [1.54, 1.807) is 37.4 Å². The summed E-state index contributed by atoms with van der Waals surface area (Å²) in [6.07, 6.45) is 1.06. The number of benzene rings is 4. The van der Waals surface area contributed by atoms with Gasteiger partial charge in [-0.3, -0.25) is 14.4 Å². The summed E-state index contributed by atoms with van der Waals surface area (Å²) in [6.45, 7) is 0. The molecule has 222 valence electrons. The highest BCUT2D eigenvalue weighted by Crippen LogP contribution is 2.31. The SMILES string of the molecule is CN1C(=O)C(NC(=O)[C@H](Cc2ccc(Cl)c(Cl)c2)c2ccc(F)cc2)N=C(c2ccc3c(c2)CCCC3=O)c2ccccc21. The molecular weight excluding hydrogens is 600 g/mol. The molecule has 4 aromatic rings. The molecule has 1 N–H and O–H groups in total. The summed E-state index contributed by atoms with van der Waals surface area (Å²) in [6, 6.07) is 23.9. The Morgan fingerprint density at radius 1 is 0.955 bits per heavy atom. The molecule has 0 aromatic heterocycles. The van der Waals surface area contributed by atoms with Crippen molar-refractivity contribution < 1.29 is 18.8 Å². The molecule has 0 saturated heterocycles. The molecule has 2 atom stereocenters. The lowest BCUT2D eigenvalue weighted by atomic mass is 9.87. The van der Waals surface area contributed by atoms with Crippen LogP contribution in [0.1, 0.15) is 56.9 Å². The van der Waals surface area contributed by atoms with E-state index in [1.807, 2.05) is 42.5 Å². The third kappa shape index (κ3) is 5.90. The number of ketones is 1. The van der Waals surface area contributed by atoms with Gasteiger partial charge in [-0.05, 0) is 72.4 Å². The molecule has 2 aliphatic rings. The number of aliphatic imine (C=N–C) groups is 1. The van der Waals surface area contributed by atoms with Crippen LogP contribution in [-0.2, 0) is 22.4 Å². The second-order valence-electron chi connectivity index (χ2n) is 11.0. The van der Waals surface area contributed by atoms with E-state index >= 15 is 0 Å². The first kappa shape index (κ1) is 29.7. The van der Waals surface area contributed by atoms with Gasteiger partial charge in [-0.2, -0.15) is 0 Å². The molecule has 9 heteroatoms. The van der Waals surface area contributed by atoms with Crippen molar-refractivity contribution in [1.82, 2.24) is 5.32 Å². The first-order valence-electron chi connectivity index (χ1n) is 14.3. The Morgan fingerprint density at radius 2 is 1.73 bits per heavy atom. The Balaban J connectivity index is 1.39. The van der Waals surface area contributed by atoms with Gasteiger partial charge in [0, 0.05) is 30.2 Å². The number of nitrogens with one attached hydrogen (secondary N) is 1. The van der Waals surface area contributed by atoms with Gasteiger partial charge < -0.3 is 10.2 Å². The normalized spacial score (nSPS) is 16.9. The topological polar surface area (TPSA) is 78.8 Å². The average molecular weight is 629 g/mol. The van der Waals surface area contributed by atoms with Gasteiger partial charge in [-0.1, -0.05) is 71.7 Å². The summed E-state index contributed by atoms with van der Waals surface area (Å²) in [7, 11) is 1.65. The molecule has 0 radical (unpaired) electrons. The van der Waals surface area contributed by atoms with Crippen LogP contribution in [0.15, 0.2) is 89.9 Å². The van der Waals surface area contributed by atoms with Crippen LogP contribution in [0.5, 0.6) is 0 Å². The molecule has 0 saturated carbocycles. The first-order valence-corrected chi connectivity index (χ1v) is 15.1. The number of Topliss-reactive ketones (excluding diaryl/α,β-unsaturated/α-hetero) is 1. The maximum atomic E-state index is 14.0. The predicted octanol–water partition coefficient (Wildman–Crippen LogP) is 6.93. The summed E-state index contributed by atoms with van der Waals surface area (Å²) >= 11 is 12.4. The largest absolute Gasteiger partial charge is 0.326 e. The van der Waals surface area contributed by atoms with Gasteiger partial charge >= 0.3 is 0 Å². The second kappa shape index (κ2) is 12.3. The van der Waals surface area contributed by atoms with Gasteiger partial charge in [0.25, 0.3) is 5.91 Å². The number of nitrogens with zero attached hydrogens (tertiary/aromatic N) is 2. The van der Waals surface area contributed by atoms with Crippen LogP contribution in [0.2, 0.25) is 10.0 Å². The molecule has 0 bridgehead atoms. The van der Waals surface area contributed by atoms with E-state index in [9.17, 15) is 18.8 Å². The van der Waals surface area contributed by atoms with E-state index in [0.29, 0.717) is 39.0 Å². The molecule has 1 unspecified atom stereocenters. The zero-order chi connectivity index (χ0) is 31.0. The fraction of sp³-hybridized carbons (Fsp3) is 0.200. The van der Waals surface area contributed by atoms with Crippen LogP contribution in [0.25, 0.3) is 0 Å². The van der Waals surface area contributed by atoms with Gasteiger partial charge in [-0.25, -0.2) is 9.38 Å². The molecule has 6 nitrogen and oxygen atoms in total. The molecule has 0 spiro atoms. The Labute approximate surface area is 264 Å². The highest BCUT2D eigenvalue weighted by atomic mass is 35.5. The number of carbonyl (C=O) groups excluding carboxylic acids is 3. The zero-order valence-electron chi connectivity index (χ0n) is 23.8. The van der Waals surface area contributed by atoms with Crippen LogP contribution in [0.3, 0.4) is 0 Å². The third-order valence-corrected chi connectivity index (χ3v) is 8.90. The maximum Gasteiger partial charge on any atom is 0.272 e. The van der Waals surface area contributed by atoms with Crippen molar-refractivity contribution in [2.45, 2.75) is 37.8 Å². The summed E-state index contributed by atoms with van der Waals surface area (Å²) in [4.78, 5) is 46.7. The lowest BCUT2D eigenvalue weighted by molar-refractivity contribution is -0.128. The van der Waals surface area contributed by atoms with Crippen LogP contribution in [0, 0.1) is 5.82 Å². The Kier molecular flexibility index (Phi) is 8.34. The number of aryl methyl sites for hydroxylation is 1. The number of carbonyl (C=O) groups is 3. The molecule has 4 aromatic carbocycles. The Hall–Kier alpha value is -4.33. The van der Waals surface area contributed by atoms with Gasteiger partial charge in [0.1, 0.15) is 5.82 Å². The molecule has 0 fully saturated rings. The van der Waals surface area contributed by atoms with E-state index in [4.69, 9.17) is 28.2 Å². The van der Waals surface area contributed by atoms with E-state index in [0.717, 1.165) is 35.1 Å². The number of anilines is 1. The Morgan fingerprint density at radius 3 is 2.50 bits per heavy atom. The van der Waals surface area contributed by atoms with Crippen molar-refractivity contribution >= 4 is 52.2 Å². The van der Waals surface area contributed by atoms with Gasteiger partial charge in [0.15, 0.2) is 5.78 Å². The van der Waals surface area contributed by atoms with Crippen molar-refractivity contribution in [3.8, 4) is 0 Å². The summed E-state index contributed by atoms with van der Waals surface area (Å²) in [5.74, 6) is -1.97. The van der Waals surface area contributed by atoms with Crippen molar-refractivity contribution in [3.63, 3.8) is 0 Å². The number of rotatable bonds is 6. The summed E-state index contributed by atoms with van der Waals surface area (Å²) < 4.78 is 13.8. The lowest BCUT2D eigenvalue weighted by Crippen LogP contribution is -2.47.